The highest BCUT2D eigenvalue weighted by Gasteiger charge is 2.17. The summed E-state index contributed by atoms with van der Waals surface area (Å²) in [6.45, 7) is 3.64. The fourth-order valence-corrected chi connectivity index (χ4v) is 2.53. The lowest BCUT2D eigenvalue weighted by atomic mass is 10.3. The number of nitrogens with zero attached hydrogens (tertiary/aromatic N) is 3. The number of aliphatic hydroxyl groups excluding tert-OH is 1. The maximum Gasteiger partial charge on any atom is 0.196 e. The van der Waals surface area contributed by atoms with Crippen molar-refractivity contribution in [1.82, 2.24) is 9.38 Å². The lowest BCUT2D eigenvalue weighted by Gasteiger charge is -2.20. The van der Waals surface area contributed by atoms with Gasteiger partial charge < -0.3 is 10.0 Å². The van der Waals surface area contributed by atoms with E-state index in [0.29, 0.717) is 24.5 Å². The summed E-state index contributed by atoms with van der Waals surface area (Å²) in [5.41, 5.74) is 0.584. The van der Waals surface area contributed by atoms with Crippen LogP contribution in [0.1, 0.15) is 23.8 Å². The van der Waals surface area contributed by atoms with Crippen molar-refractivity contribution < 1.29 is 9.90 Å². The van der Waals surface area contributed by atoms with Crippen LogP contribution < -0.4 is 4.90 Å². The van der Waals surface area contributed by atoms with Gasteiger partial charge in [-0.1, -0.05) is 0 Å². The van der Waals surface area contributed by atoms with Gasteiger partial charge in [-0.3, -0.25) is 9.20 Å². The molecule has 17 heavy (non-hydrogen) atoms. The molecule has 1 N–H and O–H groups in total. The van der Waals surface area contributed by atoms with Crippen LogP contribution in [-0.4, -0.2) is 40.5 Å². The summed E-state index contributed by atoms with van der Waals surface area (Å²) in [7, 11) is 0. The van der Waals surface area contributed by atoms with Crippen molar-refractivity contribution >= 4 is 28.4 Å². The van der Waals surface area contributed by atoms with Crippen LogP contribution in [0.2, 0.25) is 0 Å². The molecular formula is C11H15N3O2S. The molecule has 2 heterocycles. The standard InChI is InChI=1S/C11H15N3O2S/c1-2-13(4-3-6-15)10-9(8-16)14-5-7-17-11(14)12-10/h5,7-8,15H,2-4,6H2,1H3. The molecule has 0 aliphatic carbocycles. The van der Waals surface area contributed by atoms with E-state index < -0.39 is 0 Å². The topological polar surface area (TPSA) is 57.8 Å². The lowest BCUT2D eigenvalue weighted by Crippen LogP contribution is -2.26. The smallest absolute Gasteiger partial charge is 0.196 e. The molecule has 0 saturated heterocycles. The first-order valence-corrected chi connectivity index (χ1v) is 6.46. The molecule has 2 aromatic heterocycles. The van der Waals surface area contributed by atoms with Gasteiger partial charge in [0.2, 0.25) is 0 Å². The van der Waals surface area contributed by atoms with Crippen molar-refractivity contribution in [2.45, 2.75) is 13.3 Å². The maximum absolute atomic E-state index is 11.2. The Morgan fingerprint density at radius 1 is 1.65 bits per heavy atom. The average molecular weight is 253 g/mol. The minimum Gasteiger partial charge on any atom is -0.396 e. The van der Waals surface area contributed by atoms with Gasteiger partial charge in [-0.25, -0.2) is 4.98 Å². The zero-order chi connectivity index (χ0) is 12.3. The van der Waals surface area contributed by atoms with E-state index in [4.69, 9.17) is 5.11 Å². The largest absolute Gasteiger partial charge is 0.396 e. The first kappa shape index (κ1) is 12.1. The molecule has 2 aromatic rings. The van der Waals surface area contributed by atoms with Crippen molar-refractivity contribution in [3.05, 3.63) is 17.3 Å². The molecule has 0 radical (unpaired) electrons. The summed E-state index contributed by atoms with van der Waals surface area (Å²) in [6, 6.07) is 0. The zero-order valence-corrected chi connectivity index (χ0v) is 10.5. The summed E-state index contributed by atoms with van der Waals surface area (Å²) in [5.74, 6) is 0.711. The molecule has 0 aromatic carbocycles. The molecule has 0 saturated carbocycles. The van der Waals surface area contributed by atoms with Gasteiger partial charge in [0.25, 0.3) is 0 Å². The SMILES string of the molecule is CCN(CCCO)c1nc2sccn2c1C=O. The number of imidazole rings is 1. The Morgan fingerprint density at radius 3 is 3.12 bits per heavy atom. The summed E-state index contributed by atoms with van der Waals surface area (Å²) in [4.78, 5) is 18.5. The van der Waals surface area contributed by atoms with E-state index >= 15 is 0 Å². The number of fused-ring (bicyclic) bond motifs is 1. The lowest BCUT2D eigenvalue weighted by molar-refractivity contribution is 0.111. The van der Waals surface area contributed by atoms with E-state index in [1.165, 1.54) is 11.3 Å². The van der Waals surface area contributed by atoms with Crippen molar-refractivity contribution in [2.75, 3.05) is 24.6 Å². The van der Waals surface area contributed by atoms with Crippen LogP contribution >= 0.6 is 11.3 Å². The number of carbonyl (C=O) groups excluding carboxylic acids is 1. The van der Waals surface area contributed by atoms with Gasteiger partial charge >= 0.3 is 0 Å². The number of anilines is 1. The van der Waals surface area contributed by atoms with E-state index in [1.54, 1.807) is 4.40 Å². The highest BCUT2D eigenvalue weighted by atomic mass is 32.1. The van der Waals surface area contributed by atoms with Gasteiger partial charge in [0.05, 0.1) is 0 Å². The second kappa shape index (κ2) is 5.29. The second-order valence-electron chi connectivity index (χ2n) is 3.65. The quantitative estimate of drug-likeness (QED) is 0.791. The first-order chi connectivity index (χ1) is 8.31. The molecule has 0 bridgehead atoms. The van der Waals surface area contributed by atoms with Crippen LogP contribution in [0.5, 0.6) is 0 Å². The molecule has 92 valence electrons. The summed E-state index contributed by atoms with van der Waals surface area (Å²) in [6.07, 6.45) is 3.36. The molecule has 0 atom stereocenters. The molecule has 5 nitrogen and oxygen atoms in total. The van der Waals surface area contributed by atoms with Gasteiger partial charge in [0, 0.05) is 31.3 Å². The van der Waals surface area contributed by atoms with Crippen molar-refractivity contribution in [3.63, 3.8) is 0 Å². The molecule has 0 aliphatic rings. The molecule has 0 fully saturated rings. The fourth-order valence-electron chi connectivity index (χ4n) is 1.81. The second-order valence-corrected chi connectivity index (χ2v) is 4.52. The predicted molar refractivity (Wildman–Crippen MR) is 68.0 cm³/mol. The Kier molecular flexibility index (Phi) is 3.75. The van der Waals surface area contributed by atoms with Crippen LogP contribution in [0.25, 0.3) is 4.96 Å². The third-order valence-corrected chi connectivity index (χ3v) is 3.42. The number of rotatable bonds is 6. The Balaban J connectivity index is 2.37. The number of aliphatic hydroxyl groups is 1. The van der Waals surface area contributed by atoms with Crippen molar-refractivity contribution in [1.29, 1.82) is 0 Å². The van der Waals surface area contributed by atoms with E-state index in [9.17, 15) is 4.79 Å². The third-order valence-electron chi connectivity index (χ3n) is 2.66. The van der Waals surface area contributed by atoms with E-state index in [1.807, 2.05) is 23.4 Å². The maximum atomic E-state index is 11.2. The number of aldehydes is 1. The average Bonchev–Trinajstić information content (AvgIpc) is 2.90. The summed E-state index contributed by atoms with van der Waals surface area (Å²) < 4.78 is 1.80. The normalized spacial score (nSPS) is 10.9. The molecular weight excluding hydrogens is 238 g/mol. The number of aromatic nitrogens is 2. The molecule has 0 spiro atoms. The summed E-state index contributed by atoms with van der Waals surface area (Å²) >= 11 is 1.51. The van der Waals surface area contributed by atoms with Gasteiger partial charge in [0.15, 0.2) is 17.1 Å². The Labute approximate surface area is 103 Å². The predicted octanol–water partition coefficient (Wildman–Crippen LogP) is 1.42. The molecule has 6 heteroatoms. The Morgan fingerprint density at radius 2 is 2.47 bits per heavy atom. The van der Waals surface area contributed by atoms with Crippen molar-refractivity contribution in [2.24, 2.45) is 0 Å². The van der Waals surface area contributed by atoms with Crippen molar-refractivity contribution in [3.8, 4) is 0 Å². The third kappa shape index (κ3) is 2.18. The summed E-state index contributed by atoms with van der Waals surface area (Å²) in [5, 5.41) is 10.8. The van der Waals surface area contributed by atoms with Gasteiger partial charge in [-0.05, 0) is 13.3 Å². The van der Waals surface area contributed by atoms with E-state index in [-0.39, 0.29) is 6.61 Å². The minimum atomic E-state index is 0.148. The number of carbonyl (C=O) groups is 1. The minimum absolute atomic E-state index is 0.148. The van der Waals surface area contributed by atoms with Crippen LogP contribution in [0, 0.1) is 0 Å². The number of hydrogen-bond acceptors (Lipinski definition) is 5. The molecule has 0 amide bonds. The van der Waals surface area contributed by atoms with Crippen LogP contribution in [0.15, 0.2) is 11.6 Å². The molecule has 2 rings (SSSR count). The molecule has 0 aliphatic heterocycles. The highest BCUT2D eigenvalue weighted by Crippen LogP contribution is 2.23. The van der Waals surface area contributed by atoms with Crippen LogP contribution in [-0.2, 0) is 0 Å². The van der Waals surface area contributed by atoms with E-state index in [2.05, 4.69) is 4.98 Å². The Bertz CT molecular complexity index is 506. The molecule has 0 unspecified atom stereocenters. The van der Waals surface area contributed by atoms with E-state index in [0.717, 1.165) is 17.8 Å². The fraction of sp³-hybridized carbons (Fsp3) is 0.455. The zero-order valence-electron chi connectivity index (χ0n) is 9.67. The van der Waals surface area contributed by atoms with Gasteiger partial charge in [-0.15, -0.1) is 11.3 Å². The van der Waals surface area contributed by atoms with Gasteiger partial charge in [0.1, 0.15) is 5.69 Å². The highest BCUT2D eigenvalue weighted by molar-refractivity contribution is 7.15. The van der Waals surface area contributed by atoms with Crippen LogP contribution in [0.4, 0.5) is 5.82 Å². The Hall–Kier alpha value is -1.40. The first-order valence-electron chi connectivity index (χ1n) is 5.58. The van der Waals surface area contributed by atoms with Gasteiger partial charge in [-0.2, -0.15) is 0 Å². The van der Waals surface area contributed by atoms with Crippen LogP contribution in [0.3, 0.4) is 0 Å². The number of thiazole rings is 1. The monoisotopic (exact) mass is 253 g/mol. The number of hydrogen-bond donors (Lipinski definition) is 1.